The fourth-order valence-corrected chi connectivity index (χ4v) is 8.45. The number of hydrogen-bond acceptors (Lipinski definition) is 11. The molecule has 0 saturated heterocycles. The minimum atomic E-state index is -5.00. The number of hydrogen-bond donors (Lipinski definition) is 6. The van der Waals surface area contributed by atoms with Gasteiger partial charge in [-0.3, -0.25) is 13.8 Å². The van der Waals surface area contributed by atoms with Gasteiger partial charge in [-0.1, -0.05) is 194 Å². The first-order chi connectivity index (χ1) is 27.5. The monoisotopic (exact) mass is 839 g/mol. The van der Waals surface area contributed by atoms with Crippen molar-refractivity contribution in [3.05, 3.63) is 0 Å². The van der Waals surface area contributed by atoms with Gasteiger partial charge in [0.05, 0.1) is 13.2 Å². The number of phosphoric ester groups is 1. The van der Waals surface area contributed by atoms with Crippen LogP contribution in [-0.2, 0) is 27.9 Å². The van der Waals surface area contributed by atoms with Crippen LogP contribution in [0.5, 0.6) is 0 Å². The molecule has 0 aromatic rings. The summed E-state index contributed by atoms with van der Waals surface area (Å²) in [6.45, 7) is 4.25. The Morgan fingerprint density at radius 3 is 1.21 bits per heavy atom. The number of ether oxygens (including phenoxy) is 2. The molecular weight excluding hydrogens is 751 g/mol. The Kier molecular flexibility index (Phi) is 34.4. The lowest BCUT2D eigenvalue weighted by atomic mass is 9.85. The molecule has 0 amide bonds. The molecule has 6 unspecified atom stereocenters. The average Bonchev–Trinajstić information content (AvgIpc) is 3.19. The SMILES string of the molecule is CCCCCCCCCCCCCCCCCCCCCCCCOCC(COP(=O)(O)OC1C(O)C(O)C(O)C(O)C1O)OC(=O)CCCCCCCCCC. The molecule has 6 atom stereocenters. The molecule has 0 spiro atoms. The molecule has 6 N–H and O–H groups in total. The Morgan fingerprint density at radius 1 is 0.491 bits per heavy atom. The predicted octanol–water partition coefficient (Wildman–Crippen LogP) is 9.37. The van der Waals surface area contributed by atoms with Crippen LogP contribution in [0.1, 0.15) is 213 Å². The van der Waals surface area contributed by atoms with E-state index >= 15 is 0 Å². The smallest absolute Gasteiger partial charge is 0.457 e. The van der Waals surface area contributed by atoms with Crippen LogP contribution in [0.15, 0.2) is 0 Å². The largest absolute Gasteiger partial charge is 0.472 e. The summed E-state index contributed by atoms with van der Waals surface area (Å²) in [7, 11) is -5.00. The summed E-state index contributed by atoms with van der Waals surface area (Å²) in [5.74, 6) is -0.477. The van der Waals surface area contributed by atoms with E-state index in [0.29, 0.717) is 13.0 Å². The van der Waals surface area contributed by atoms with Gasteiger partial charge in [0.1, 0.15) is 42.7 Å². The summed E-state index contributed by atoms with van der Waals surface area (Å²) in [6, 6.07) is 0. The Balaban J connectivity index is 2.26. The Morgan fingerprint density at radius 2 is 0.825 bits per heavy atom. The molecule has 57 heavy (non-hydrogen) atoms. The van der Waals surface area contributed by atoms with Crippen molar-refractivity contribution in [2.24, 2.45) is 0 Å². The summed E-state index contributed by atoms with van der Waals surface area (Å²) in [6.07, 6.45) is 24.9. The van der Waals surface area contributed by atoms with Crippen LogP contribution >= 0.6 is 7.82 Å². The predicted molar refractivity (Wildman–Crippen MR) is 226 cm³/mol. The van der Waals surface area contributed by atoms with E-state index in [1.54, 1.807) is 0 Å². The summed E-state index contributed by atoms with van der Waals surface area (Å²) in [5.41, 5.74) is 0. The summed E-state index contributed by atoms with van der Waals surface area (Å²) in [4.78, 5) is 23.0. The fraction of sp³-hybridized carbons (Fsp3) is 0.977. The maximum Gasteiger partial charge on any atom is 0.472 e. The third-order valence-corrected chi connectivity index (χ3v) is 12.2. The number of phosphoric acid groups is 1. The number of esters is 1. The molecule has 0 bridgehead atoms. The van der Waals surface area contributed by atoms with Crippen LogP contribution in [-0.4, -0.2) is 98.9 Å². The van der Waals surface area contributed by atoms with E-state index in [1.165, 1.54) is 148 Å². The van der Waals surface area contributed by atoms with Crippen LogP contribution in [0.2, 0.25) is 0 Å². The number of unbranched alkanes of at least 4 members (excludes halogenated alkanes) is 28. The maximum absolute atomic E-state index is 12.8. The molecule has 0 aliphatic heterocycles. The van der Waals surface area contributed by atoms with Gasteiger partial charge in [-0.25, -0.2) is 4.57 Å². The zero-order valence-electron chi connectivity index (χ0n) is 36.2. The van der Waals surface area contributed by atoms with Gasteiger partial charge in [0.15, 0.2) is 0 Å². The van der Waals surface area contributed by atoms with Crippen molar-refractivity contribution in [1.29, 1.82) is 0 Å². The molecular formula is C44H87O12P. The van der Waals surface area contributed by atoms with Crippen molar-refractivity contribution >= 4 is 13.8 Å². The van der Waals surface area contributed by atoms with Crippen molar-refractivity contribution in [3.8, 4) is 0 Å². The highest BCUT2D eigenvalue weighted by molar-refractivity contribution is 7.47. The lowest BCUT2D eigenvalue weighted by molar-refractivity contribution is -0.220. The second-order valence-electron chi connectivity index (χ2n) is 16.6. The van der Waals surface area contributed by atoms with E-state index < -0.39 is 63.1 Å². The topological polar surface area (TPSA) is 192 Å². The van der Waals surface area contributed by atoms with Gasteiger partial charge >= 0.3 is 13.8 Å². The second kappa shape index (κ2) is 36.0. The number of carbonyl (C=O) groups is 1. The Hall–Kier alpha value is -0.660. The molecule has 0 aromatic heterocycles. The standard InChI is InChI=1S/C44H87O12P/c1-3-5-7-9-11-13-14-15-16-17-18-19-20-21-22-23-24-25-26-28-30-32-34-53-35-37(55-38(45)33-31-29-27-12-10-8-6-4-2)36-54-57(51,52)56-44-42(49)40(47)39(46)41(48)43(44)50/h37,39-44,46-50H,3-36H2,1-2H3,(H,51,52). The van der Waals surface area contributed by atoms with E-state index in [1.807, 2.05) is 0 Å². The molecule has 0 aromatic carbocycles. The maximum atomic E-state index is 12.8. The number of rotatable bonds is 40. The normalized spacial score (nSPS) is 22.7. The molecule has 0 radical (unpaired) electrons. The van der Waals surface area contributed by atoms with E-state index in [-0.39, 0.29) is 13.0 Å². The number of aliphatic hydroxyl groups excluding tert-OH is 5. The van der Waals surface area contributed by atoms with Gasteiger partial charge in [0, 0.05) is 13.0 Å². The second-order valence-corrected chi connectivity index (χ2v) is 18.0. The minimum absolute atomic E-state index is 0.0687. The van der Waals surface area contributed by atoms with Crippen LogP contribution in [0.25, 0.3) is 0 Å². The van der Waals surface area contributed by atoms with E-state index in [4.69, 9.17) is 18.5 Å². The lowest BCUT2D eigenvalue weighted by Gasteiger charge is -2.41. The third-order valence-electron chi connectivity index (χ3n) is 11.2. The Bertz CT molecular complexity index is 958. The van der Waals surface area contributed by atoms with Crippen molar-refractivity contribution < 1.29 is 58.3 Å². The first-order valence-electron chi connectivity index (χ1n) is 23.4. The van der Waals surface area contributed by atoms with Crippen LogP contribution < -0.4 is 0 Å². The molecule has 1 aliphatic carbocycles. The van der Waals surface area contributed by atoms with Crippen LogP contribution in [0, 0.1) is 0 Å². The summed E-state index contributed by atoms with van der Waals surface area (Å²) >= 11 is 0. The van der Waals surface area contributed by atoms with Gasteiger partial charge in [0.2, 0.25) is 0 Å². The quantitative estimate of drug-likeness (QED) is 0.0195. The van der Waals surface area contributed by atoms with Gasteiger partial charge < -0.3 is 39.9 Å². The highest BCUT2D eigenvalue weighted by Gasteiger charge is 2.51. The van der Waals surface area contributed by atoms with E-state index in [9.17, 15) is 39.8 Å². The molecule has 340 valence electrons. The fourth-order valence-electron chi connectivity index (χ4n) is 7.47. The third kappa shape index (κ3) is 28.5. The zero-order valence-corrected chi connectivity index (χ0v) is 37.1. The molecule has 13 heteroatoms. The molecule has 1 rings (SSSR count). The molecule has 12 nitrogen and oxygen atoms in total. The highest BCUT2D eigenvalue weighted by atomic mass is 31.2. The van der Waals surface area contributed by atoms with Crippen molar-refractivity contribution in [1.82, 2.24) is 0 Å². The van der Waals surface area contributed by atoms with Gasteiger partial charge in [0.25, 0.3) is 0 Å². The molecule has 1 fully saturated rings. The van der Waals surface area contributed by atoms with E-state index in [0.717, 1.165) is 38.5 Å². The van der Waals surface area contributed by atoms with Gasteiger partial charge in [-0.15, -0.1) is 0 Å². The van der Waals surface area contributed by atoms with Crippen molar-refractivity contribution in [2.75, 3.05) is 19.8 Å². The highest BCUT2D eigenvalue weighted by Crippen LogP contribution is 2.47. The molecule has 0 heterocycles. The molecule has 1 aliphatic rings. The Labute approximate surface area is 346 Å². The number of carbonyl (C=O) groups excluding carboxylic acids is 1. The first-order valence-corrected chi connectivity index (χ1v) is 24.9. The van der Waals surface area contributed by atoms with E-state index in [2.05, 4.69) is 13.8 Å². The average molecular weight is 839 g/mol. The zero-order chi connectivity index (χ0) is 42.0. The van der Waals surface area contributed by atoms with Crippen molar-refractivity contribution in [2.45, 2.75) is 256 Å². The summed E-state index contributed by atoms with van der Waals surface area (Å²) in [5, 5.41) is 50.0. The van der Waals surface area contributed by atoms with Crippen molar-refractivity contribution in [3.63, 3.8) is 0 Å². The van der Waals surface area contributed by atoms with Gasteiger partial charge in [-0.2, -0.15) is 0 Å². The summed E-state index contributed by atoms with van der Waals surface area (Å²) < 4.78 is 34.1. The molecule has 1 saturated carbocycles. The number of aliphatic hydroxyl groups is 5. The first kappa shape index (κ1) is 54.4. The lowest BCUT2D eigenvalue weighted by Crippen LogP contribution is -2.64. The van der Waals surface area contributed by atoms with Crippen LogP contribution in [0.4, 0.5) is 0 Å². The minimum Gasteiger partial charge on any atom is -0.457 e. The van der Waals surface area contributed by atoms with Crippen LogP contribution in [0.3, 0.4) is 0 Å². The van der Waals surface area contributed by atoms with Gasteiger partial charge in [-0.05, 0) is 12.8 Å².